The summed E-state index contributed by atoms with van der Waals surface area (Å²) in [6, 6.07) is 1.34. The molecule has 0 unspecified atom stereocenters. The van der Waals surface area contributed by atoms with Crippen LogP contribution in [-0.2, 0) is 4.79 Å². The van der Waals surface area contributed by atoms with Crippen molar-refractivity contribution in [1.82, 2.24) is 9.97 Å². The van der Waals surface area contributed by atoms with E-state index in [9.17, 15) is 9.59 Å². The van der Waals surface area contributed by atoms with Crippen LogP contribution in [0.15, 0.2) is 18.6 Å². The first-order chi connectivity index (χ1) is 7.59. The van der Waals surface area contributed by atoms with E-state index in [0.717, 1.165) is 12.8 Å². The summed E-state index contributed by atoms with van der Waals surface area (Å²) in [5, 5.41) is 16.4. The molecule has 0 aliphatic heterocycles. The van der Waals surface area contributed by atoms with Gasteiger partial charge in [0.15, 0.2) is 5.69 Å². The Bertz CT molecular complexity index is 362. The number of rotatable bonds is 3. The van der Waals surface area contributed by atoms with Crippen LogP contribution in [-0.4, -0.2) is 32.1 Å². The summed E-state index contributed by atoms with van der Waals surface area (Å²) in [6.07, 6.45) is 5.23. The molecule has 86 valence electrons. The van der Waals surface area contributed by atoms with Crippen molar-refractivity contribution in [2.75, 3.05) is 0 Å². The zero-order chi connectivity index (χ0) is 12.0. The molecule has 2 rings (SSSR count). The third kappa shape index (κ3) is 5.04. The van der Waals surface area contributed by atoms with Gasteiger partial charge in [0, 0.05) is 12.6 Å². The van der Waals surface area contributed by atoms with E-state index in [1.54, 1.807) is 0 Å². The molecule has 1 saturated carbocycles. The second-order valence-corrected chi connectivity index (χ2v) is 3.44. The van der Waals surface area contributed by atoms with Gasteiger partial charge >= 0.3 is 11.9 Å². The third-order valence-electron chi connectivity index (χ3n) is 1.96. The van der Waals surface area contributed by atoms with Crippen LogP contribution in [0.25, 0.3) is 0 Å². The highest BCUT2D eigenvalue weighted by Gasteiger charge is 2.23. The standard InChI is InChI=1S/C5H4N2O2.C5H8O2/c8-5(9)4-1-2-6-3-7-4;6-5(7)3-4-1-2-4/h1-3H,(H,8,9);4H,1-3H2,(H,6,7). The van der Waals surface area contributed by atoms with E-state index in [4.69, 9.17) is 10.2 Å². The summed E-state index contributed by atoms with van der Waals surface area (Å²) in [4.78, 5) is 27.0. The van der Waals surface area contributed by atoms with Crippen molar-refractivity contribution in [1.29, 1.82) is 0 Å². The Morgan fingerprint density at radius 2 is 2.06 bits per heavy atom. The van der Waals surface area contributed by atoms with Crippen LogP contribution in [0, 0.1) is 5.92 Å². The first-order valence-corrected chi connectivity index (χ1v) is 4.80. The predicted molar refractivity (Wildman–Crippen MR) is 54.0 cm³/mol. The summed E-state index contributed by atoms with van der Waals surface area (Å²) in [5.41, 5.74) is 0.0185. The number of hydrogen-bond donors (Lipinski definition) is 2. The minimum absolute atomic E-state index is 0.0185. The smallest absolute Gasteiger partial charge is 0.354 e. The van der Waals surface area contributed by atoms with Gasteiger partial charge < -0.3 is 10.2 Å². The number of carboxylic acid groups (broad SMARTS) is 2. The molecule has 1 aromatic heterocycles. The van der Waals surface area contributed by atoms with Gasteiger partial charge in [-0.25, -0.2) is 14.8 Å². The van der Waals surface area contributed by atoms with E-state index in [0.29, 0.717) is 12.3 Å². The number of aromatic carboxylic acids is 1. The Hall–Kier alpha value is -1.98. The Morgan fingerprint density at radius 1 is 1.38 bits per heavy atom. The van der Waals surface area contributed by atoms with Crippen molar-refractivity contribution >= 4 is 11.9 Å². The van der Waals surface area contributed by atoms with Crippen LogP contribution in [0.5, 0.6) is 0 Å². The van der Waals surface area contributed by atoms with E-state index in [-0.39, 0.29) is 5.69 Å². The van der Waals surface area contributed by atoms with E-state index in [1.165, 1.54) is 18.6 Å². The lowest BCUT2D eigenvalue weighted by Crippen LogP contribution is -1.98. The van der Waals surface area contributed by atoms with Gasteiger partial charge in [0.05, 0.1) is 0 Å². The van der Waals surface area contributed by atoms with E-state index >= 15 is 0 Å². The number of aliphatic carboxylic acids is 1. The van der Waals surface area contributed by atoms with Gasteiger partial charge in [-0.1, -0.05) is 0 Å². The quantitative estimate of drug-likeness (QED) is 0.795. The van der Waals surface area contributed by atoms with Crippen molar-refractivity contribution in [2.45, 2.75) is 19.3 Å². The number of aromatic nitrogens is 2. The van der Waals surface area contributed by atoms with Gasteiger partial charge in [-0.05, 0) is 24.8 Å². The van der Waals surface area contributed by atoms with Gasteiger partial charge in [-0.3, -0.25) is 4.79 Å². The van der Waals surface area contributed by atoms with Crippen molar-refractivity contribution in [3.63, 3.8) is 0 Å². The zero-order valence-electron chi connectivity index (χ0n) is 8.54. The largest absolute Gasteiger partial charge is 0.481 e. The fourth-order valence-corrected chi connectivity index (χ4v) is 0.986. The second kappa shape index (κ2) is 5.79. The SMILES string of the molecule is O=C(O)CC1CC1.O=C(O)c1ccncn1. The minimum atomic E-state index is -1.03. The Labute approximate surface area is 92.0 Å². The number of carbonyl (C=O) groups is 2. The van der Waals surface area contributed by atoms with Crippen LogP contribution in [0.3, 0.4) is 0 Å². The average Bonchev–Trinajstić information content (AvgIpc) is 3.03. The molecule has 2 N–H and O–H groups in total. The third-order valence-corrected chi connectivity index (χ3v) is 1.96. The van der Waals surface area contributed by atoms with Crippen molar-refractivity contribution < 1.29 is 19.8 Å². The first kappa shape index (κ1) is 12.1. The fraction of sp³-hybridized carbons (Fsp3) is 0.400. The summed E-state index contributed by atoms with van der Waals surface area (Å²) < 4.78 is 0. The maximum Gasteiger partial charge on any atom is 0.354 e. The van der Waals surface area contributed by atoms with Gasteiger partial charge in [0.1, 0.15) is 6.33 Å². The molecule has 6 heteroatoms. The topological polar surface area (TPSA) is 100 Å². The minimum Gasteiger partial charge on any atom is -0.481 e. The molecule has 1 aliphatic carbocycles. The van der Waals surface area contributed by atoms with E-state index in [2.05, 4.69) is 9.97 Å². The molecule has 1 fully saturated rings. The van der Waals surface area contributed by atoms with E-state index < -0.39 is 11.9 Å². The summed E-state index contributed by atoms with van der Waals surface area (Å²) in [7, 11) is 0. The Balaban J connectivity index is 0.000000165. The molecule has 1 aliphatic rings. The molecular formula is C10H12N2O4. The van der Waals surface area contributed by atoms with Crippen LogP contribution in [0.2, 0.25) is 0 Å². The van der Waals surface area contributed by atoms with Crippen molar-refractivity contribution in [3.8, 4) is 0 Å². The van der Waals surface area contributed by atoms with Crippen molar-refractivity contribution in [3.05, 3.63) is 24.3 Å². The molecule has 0 amide bonds. The van der Waals surface area contributed by atoms with Crippen LogP contribution < -0.4 is 0 Å². The maximum atomic E-state index is 10.1. The Kier molecular flexibility index (Phi) is 4.38. The lowest BCUT2D eigenvalue weighted by atomic mass is 10.3. The summed E-state index contributed by atoms with van der Waals surface area (Å²) >= 11 is 0. The maximum absolute atomic E-state index is 10.1. The lowest BCUT2D eigenvalue weighted by molar-refractivity contribution is -0.137. The van der Waals surface area contributed by atoms with Gasteiger partial charge in [-0.2, -0.15) is 0 Å². The second-order valence-electron chi connectivity index (χ2n) is 3.44. The number of nitrogens with zero attached hydrogens (tertiary/aromatic N) is 2. The molecule has 0 aromatic carbocycles. The van der Waals surface area contributed by atoms with Crippen LogP contribution in [0.4, 0.5) is 0 Å². The number of hydrogen-bond acceptors (Lipinski definition) is 4. The molecule has 0 spiro atoms. The molecule has 0 radical (unpaired) electrons. The Morgan fingerprint density at radius 3 is 2.31 bits per heavy atom. The van der Waals surface area contributed by atoms with Gasteiger partial charge in [-0.15, -0.1) is 0 Å². The fourth-order valence-electron chi connectivity index (χ4n) is 0.986. The first-order valence-electron chi connectivity index (χ1n) is 4.80. The normalized spacial score (nSPS) is 13.5. The highest BCUT2D eigenvalue weighted by Crippen LogP contribution is 2.31. The molecular weight excluding hydrogens is 212 g/mol. The highest BCUT2D eigenvalue weighted by atomic mass is 16.4. The average molecular weight is 224 g/mol. The summed E-state index contributed by atoms with van der Waals surface area (Å²) in [6.45, 7) is 0. The molecule has 16 heavy (non-hydrogen) atoms. The lowest BCUT2D eigenvalue weighted by Gasteiger charge is -1.86. The highest BCUT2D eigenvalue weighted by molar-refractivity contribution is 5.84. The van der Waals surface area contributed by atoms with Gasteiger partial charge in [0.25, 0.3) is 0 Å². The molecule has 6 nitrogen and oxygen atoms in total. The zero-order valence-corrected chi connectivity index (χ0v) is 8.54. The molecule has 1 heterocycles. The van der Waals surface area contributed by atoms with Crippen molar-refractivity contribution in [2.24, 2.45) is 5.92 Å². The van der Waals surface area contributed by atoms with E-state index in [1.807, 2.05) is 0 Å². The number of carboxylic acids is 2. The molecule has 0 atom stereocenters. The monoisotopic (exact) mass is 224 g/mol. The van der Waals surface area contributed by atoms with Gasteiger partial charge in [0.2, 0.25) is 0 Å². The van der Waals surface area contributed by atoms with Crippen LogP contribution in [0.1, 0.15) is 29.8 Å². The molecule has 1 aromatic rings. The van der Waals surface area contributed by atoms with Crippen LogP contribution >= 0.6 is 0 Å². The molecule has 0 bridgehead atoms. The summed E-state index contributed by atoms with van der Waals surface area (Å²) in [5.74, 6) is -1.16. The predicted octanol–water partition coefficient (Wildman–Crippen LogP) is 1.05. The molecule has 0 saturated heterocycles.